The number of unbranched alkanes of at least 4 members (excludes halogenated alkanes) is 2. The summed E-state index contributed by atoms with van der Waals surface area (Å²) >= 11 is 0. The predicted molar refractivity (Wildman–Crippen MR) is 48.1 cm³/mol. The van der Waals surface area contributed by atoms with Crippen molar-refractivity contribution in [3.05, 3.63) is 12.7 Å². The lowest BCUT2D eigenvalue weighted by molar-refractivity contribution is 0.179. The van der Waals surface area contributed by atoms with Gasteiger partial charge in [0.1, 0.15) is 0 Å². The fourth-order valence-electron chi connectivity index (χ4n) is 0.676. The zero-order valence-corrected chi connectivity index (χ0v) is 8.54. The summed E-state index contributed by atoms with van der Waals surface area (Å²) in [5, 5.41) is 0. The molecule has 0 radical (unpaired) electrons. The summed E-state index contributed by atoms with van der Waals surface area (Å²) in [6, 6.07) is 0. The second-order valence-corrected chi connectivity index (χ2v) is 3.48. The van der Waals surface area contributed by atoms with Crippen LogP contribution in [0.1, 0.15) is 26.2 Å². The molecule has 4 heteroatoms. The Kier molecular flexibility index (Phi) is 8.00. The largest absolute Gasteiger partial charge is 0.767 e. The van der Waals surface area contributed by atoms with Gasteiger partial charge in [0.15, 0.2) is 0 Å². The third kappa shape index (κ3) is 7.46. The molecule has 0 aromatic carbocycles. The molecule has 0 N–H and O–H groups in total. The van der Waals surface area contributed by atoms with Crippen LogP contribution in [0.15, 0.2) is 12.7 Å². The highest BCUT2D eigenvalue weighted by Crippen LogP contribution is 1.94. The molecule has 70 valence electrons. The molecule has 0 aromatic rings. The van der Waals surface area contributed by atoms with Crippen molar-refractivity contribution in [2.45, 2.75) is 26.2 Å². The average Bonchev–Trinajstić information content (AvgIpc) is 2.09. The molecule has 0 unspecified atom stereocenters. The van der Waals surface area contributed by atoms with Crippen LogP contribution in [0.5, 0.6) is 0 Å². The maximum Gasteiger partial charge on any atom is 0.767 e. The SMILES string of the molecule is C=CCO[Si](=O)OCCCCC. The molecule has 0 rings (SSSR count). The minimum Gasteiger partial charge on any atom is -0.496 e. The van der Waals surface area contributed by atoms with Gasteiger partial charge >= 0.3 is 9.17 Å². The van der Waals surface area contributed by atoms with Crippen molar-refractivity contribution < 1.29 is 13.3 Å². The summed E-state index contributed by atoms with van der Waals surface area (Å²) in [5.41, 5.74) is 0. The molecule has 0 atom stereocenters. The fourth-order valence-corrected chi connectivity index (χ4v) is 1.32. The van der Waals surface area contributed by atoms with E-state index >= 15 is 0 Å². The van der Waals surface area contributed by atoms with Crippen molar-refractivity contribution in [2.24, 2.45) is 0 Å². The maximum atomic E-state index is 10.9. The fraction of sp³-hybridized carbons (Fsp3) is 0.750. The first-order valence-corrected chi connectivity index (χ1v) is 5.44. The Labute approximate surface area is 75.3 Å². The van der Waals surface area contributed by atoms with E-state index in [1.807, 2.05) is 0 Å². The van der Waals surface area contributed by atoms with E-state index in [0.29, 0.717) is 13.2 Å². The Balaban J connectivity index is 3.13. The second-order valence-electron chi connectivity index (χ2n) is 2.41. The third-order valence-electron chi connectivity index (χ3n) is 1.29. The lowest BCUT2D eigenvalue weighted by atomic mass is 10.3. The Morgan fingerprint density at radius 3 is 2.75 bits per heavy atom. The molecule has 0 aromatic heterocycles. The topological polar surface area (TPSA) is 35.5 Å². The van der Waals surface area contributed by atoms with Crippen molar-refractivity contribution >= 4 is 9.17 Å². The van der Waals surface area contributed by atoms with Crippen LogP contribution in [-0.2, 0) is 13.3 Å². The van der Waals surface area contributed by atoms with Crippen LogP contribution in [0, 0.1) is 0 Å². The quantitative estimate of drug-likeness (QED) is 0.331. The van der Waals surface area contributed by atoms with Gasteiger partial charge in [0.2, 0.25) is 0 Å². The highest BCUT2D eigenvalue weighted by molar-refractivity contribution is 6.26. The van der Waals surface area contributed by atoms with Crippen molar-refractivity contribution in [1.29, 1.82) is 0 Å². The van der Waals surface area contributed by atoms with Crippen LogP contribution in [0.2, 0.25) is 0 Å². The van der Waals surface area contributed by atoms with Crippen LogP contribution in [-0.4, -0.2) is 22.4 Å². The molecule has 0 spiro atoms. The lowest BCUT2D eigenvalue weighted by Gasteiger charge is -2.02. The van der Waals surface area contributed by atoms with Gasteiger partial charge in [-0.1, -0.05) is 32.4 Å². The van der Waals surface area contributed by atoms with Crippen LogP contribution in [0.3, 0.4) is 0 Å². The zero-order chi connectivity index (χ0) is 9.23. The van der Waals surface area contributed by atoms with E-state index in [-0.39, 0.29) is 0 Å². The monoisotopic (exact) mass is 188 g/mol. The van der Waals surface area contributed by atoms with Gasteiger partial charge < -0.3 is 8.85 Å². The van der Waals surface area contributed by atoms with E-state index in [2.05, 4.69) is 13.5 Å². The highest BCUT2D eigenvalue weighted by Gasteiger charge is 2.08. The van der Waals surface area contributed by atoms with Crippen molar-refractivity contribution in [2.75, 3.05) is 13.2 Å². The van der Waals surface area contributed by atoms with Crippen LogP contribution < -0.4 is 0 Å². The van der Waals surface area contributed by atoms with Crippen molar-refractivity contribution in [1.82, 2.24) is 0 Å². The van der Waals surface area contributed by atoms with Gasteiger partial charge in [0, 0.05) is 0 Å². The van der Waals surface area contributed by atoms with Gasteiger partial charge in [-0.3, -0.25) is 4.46 Å². The molecule has 3 nitrogen and oxygen atoms in total. The first-order chi connectivity index (χ1) is 5.81. The third-order valence-corrected chi connectivity index (χ3v) is 2.13. The Hall–Kier alpha value is -0.643. The molecular formula is C8H16O3Si. The molecule has 0 aliphatic heterocycles. The molecular weight excluding hydrogens is 172 g/mol. The van der Waals surface area contributed by atoms with Crippen molar-refractivity contribution in [3.8, 4) is 0 Å². The minimum absolute atomic E-state index is 0.297. The molecule has 0 saturated heterocycles. The van der Waals surface area contributed by atoms with E-state index < -0.39 is 9.17 Å². The summed E-state index contributed by atoms with van der Waals surface area (Å²) in [6.45, 7) is 6.38. The molecule has 0 bridgehead atoms. The second kappa shape index (κ2) is 8.45. The van der Waals surface area contributed by atoms with Gasteiger partial charge in [-0.2, -0.15) is 0 Å². The summed E-state index contributed by atoms with van der Waals surface area (Å²) < 4.78 is 20.6. The highest BCUT2D eigenvalue weighted by atomic mass is 28.3. The van der Waals surface area contributed by atoms with E-state index in [0.717, 1.165) is 19.3 Å². The van der Waals surface area contributed by atoms with Gasteiger partial charge in [-0.05, 0) is 6.42 Å². The van der Waals surface area contributed by atoms with Crippen LogP contribution in [0.25, 0.3) is 0 Å². The zero-order valence-electron chi connectivity index (χ0n) is 7.54. The summed E-state index contributed by atoms with van der Waals surface area (Å²) in [4.78, 5) is 0. The molecule has 0 saturated carbocycles. The molecule has 0 heterocycles. The summed E-state index contributed by atoms with van der Waals surface area (Å²) in [7, 11) is -2.25. The molecule has 0 fully saturated rings. The van der Waals surface area contributed by atoms with Gasteiger partial charge in [-0.25, -0.2) is 0 Å². The summed E-state index contributed by atoms with van der Waals surface area (Å²) in [6.07, 6.45) is 4.75. The Morgan fingerprint density at radius 2 is 2.17 bits per heavy atom. The number of hydrogen-bond acceptors (Lipinski definition) is 3. The van der Waals surface area contributed by atoms with E-state index in [9.17, 15) is 4.46 Å². The average molecular weight is 188 g/mol. The minimum atomic E-state index is -2.25. The smallest absolute Gasteiger partial charge is 0.496 e. The normalized spacial score (nSPS) is 9.08. The molecule has 0 aliphatic carbocycles. The molecule has 0 amide bonds. The van der Waals surface area contributed by atoms with Gasteiger partial charge in [0.25, 0.3) is 0 Å². The Morgan fingerprint density at radius 1 is 1.42 bits per heavy atom. The van der Waals surface area contributed by atoms with Crippen molar-refractivity contribution in [3.63, 3.8) is 0 Å². The molecule has 0 aliphatic rings. The number of rotatable bonds is 8. The lowest BCUT2D eigenvalue weighted by Crippen LogP contribution is -2.13. The first-order valence-electron chi connectivity index (χ1n) is 4.21. The Bertz CT molecular complexity index is 136. The predicted octanol–water partition coefficient (Wildman–Crippen LogP) is 1.81. The van der Waals surface area contributed by atoms with Gasteiger partial charge in [-0.15, -0.1) is 0 Å². The van der Waals surface area contributed by atoms with E-state index in [1.165, 1.54) is 0 Å². The maximum absolute atomic E-state index is 10.9. The first kappa shape index (κ1) is 11.4. The van der Waals surface area contributed by atoms with Crippen LogP contribution in [0.4, 0.5) is 0 Å². The van der Waals surface area contributed by atoms with Crippen LogP contribution >= 0.6 is 0 Å². The van der Waals surface area contributed by atoms with E-state index in [4.69, 9.17) is 8.85 Å². The van der Waals surface area contributed by atoms with Gasteiger partial charge in [0.05, 0.1) is 13.2 Å². The van der Waals surface area contributed by atoms with E-state index in [1.54, 1.807) is 6.08 Å². The number of hydrogen-bond donors (Lipinski definition) is 0. The standard InChI is InChI=1S/C8H16O3Si/c1-3-5-6-8-11-12(9)10-7-4-2/h4H,2-3,5-8H2,1H3. The summed E-state index contributed by atoms with van der Waals surface area (Å²) in [5.74, 6) is 0. The molecule has 12 heavy (non-hydrogen) atoms.